The second kappa shape index (κ2) is 5.75. The van der Waals surface area contributed by atoms with Gasteiger partial charge in [-0.05, 0) is 49.7 Å². The Morgan fingerprint density at radius 1 is 1.10 bits per heavy atom. The molecule has 0 aromatic heterocycles. The van der Waals surface area contributed by atoms with Crippen LogP contribution in [0.2, 0.25) is 0 Å². The molecule has 0 atom stereocenters. The van der Waals surface area contributed by atoms with E-state index in [4.69, 9.17) is 5.73 Å². The fraction of sp³-hybridized carbons (Fsp3) is 0.125. The standard InChI is InChI=1S/C16H15FN2O2/c1-9-3-5-13(17)12(7-9)16(21)19-14-6-4-11(15(18)20)8-10(14)2/h3-8H,1-2H3,(H2,18,20)(H,19,21). The topological polar surface area (TPSA) is 72.2 Å². The molecule has 0 spiro atoms. The minimum atomic E-state index is -0.579. The van der Waals surface area contributed by atoms with E-state index < -0.39 is 17.6 Å². The molecule has 0 unspecified atom stereocenters. The first-order chi connectivity index (χ1) is 9.88. The van der Waals surface area contributed by atoms with Crippen LogP contribution in [-0.4, -0.2) is 11.8 Å². The summed E-state index contributed by atoms with van der Waals surface area (Å²) < 4.78 is 13.7. The number of anilines is 1. The third-order valence-corrected chi connectivity index (χ3v) is 3.13. The predicted octanol–water partition coefficient (Wildman–Crippen LogP) is 2.79. The van der Waals surface area contributed by atoms with Gasteiger partial charge in [0.2, 0.25) is 5.91 Å². The Kier molecular flexibility index (Phi) is 4.03. The van der Waals surface area contributed by atoms with Crippen molar-refractivity contribution >= 4 is 17.5 Å². The number of primary amides is 1. The first-order valence-corrected chi connectivity index (χ1v) is 6.36. The molecule has 0 aliphatic heterocycles. The van der Waals surface area contributed by atoms with Gasteiger partial charge < -0.3 is 11.1 Å². The highest BCUT2D eigenvalue weighted by Crippen LogP contribution is 2.18. The number of carbonyl (C=O) groups excluding carboxylic acids is 2. The minimum Gasteiger partial charge on any atom is -0.366 e. The molecule has 3 N–H and O–H groups in total. The van der Waals surface area contributed by atoms with Crippen LogP contribution in [0.15, 0.2) is 36.4 Å². The van der Waals surface area contributed by atoms with Crippen LogP contribution in [0.5, 0.6) is 0 Å². The van der Waals surface area contributed by atoms with Crippen LogP contribution in [0.3, 0.4) is 0 Å². The van der Waals surface area contributed by atoms with Gasteiger partial charge in [0.25, 0.3) is 5.91 Å². The molecule has 0 radical (unpaired) electrons. The summed E-state index contributed by atoms with van der Waals surface area (Å²) in [7, 11) is 0. The Hall–Kier alpha value is -2.69. The molecule has 4 nitrogen and oxygen atoms in total. The van der Waals surface area contributed by atoms with Crippen molar-refractivity contribution in [3.8, 4) is 0 Å². The van der Waals surface area contributed by atoms with Gasteiger partial charge in [0.05, 0.1) is 5.56 Å². The summed E-state index contributed by atoms with van der Waals surface area (Å²) in [6.45, 7) is 3.51. The maximum atomic E-state index is 13.7. The lowest BCUT2D eigenvalue weighted by Crippen LogP contribution is -2.16. The van der Waals surface area contributed by atoms with Gasteiger partial charge in [-0.15, -0.1) is 0 Å². The minimum absolute atomic E-state index is 0.0200. The molecule has 2 aromatic rings. The zero-order valence-corrected chi connectivity index (χ0v) is 11.7. The highest BCUT2D eigenvalue weighted by Gasteiger charge is 2.13. The van der Waals surface area contributed by atoms with Crippen molar-refractivity contribution in [3.63, 3.8) is 0 Å². The van der Waals surface area contributed by atoms with Gasteiger partial charge >= 0.3 is 0 Å². The van der Waals surface area contributed by atoms with Gasteiger partial charge in [0.15, 0.2) is 0 Å². The Balaban J connectivity index is 2.27. The van der Waals surface area contributed by atoms with Crippen molar-refractivity contribution in [2.24, 2.45) is 5.73 Å². The molecule has 0 aliphatic rings. The lowest BCUT2D eigenvalue weighted by molar-refractivity contribution is 0.0997. The Labute approximate surface area is 121 Å². The fourth-order valence-electron chi connectivity index (χ4n) is 1.96. The van der Waals surface area contributed by atoms with Crippen LogP contribution < -0.4 is 11.1 Å². The molecule has 2 rings (SSSR count). The van der Waals surface area contributed by atoms with E-state index in [2.05, 4.69) is 5.32 Å². The molecule has 0 saturated heterocycles. The number of amides is 2. The summed E-state index contributed by atoms with van der Waals surface area (Å²) in [6.07, 6.45) is 0. The number of benzene rings is 2. The number of hydrogen-bond acceptors (Lipinski definition) is 2. The maximum absolute atomic E-state index is 13.7. The van der Waals surface area contributed by atoms with Gasteiger partial charge in [-0.1, -0.05) is 11.6 Å². The first-order valence-electron chi connectivity index (χ1n) is 6.36. The largest absolute Gasteiger partial charge is 0.366 e. The van der Waals surface area contributed by atoms with E-state index in [-0.39, 0.29) is 5.56 Å². The van der Waals surface area contributed by atoms with Gasteiger partial charge in [-0.2, -0.15) is 0 Å². The van der Waals surface area contributed by atoms with Crippen molar-refractivity contribution in [2.45, 2.75) is 13.8 Å². The second-order valence-electron chi connectivity index (χ2n) is 4.83. The average Bonchev–Trinajstić information content (AvgIpc) is 2.43. The van der Waals surface area contributed by atoms with E-state index in [0.29, 0.717) is 16.8 Å². The van der Waals surface area contributed by atoms with Crippen molar-refractivity contribution in [1.82, 2.24) is 0 Å². The number of nitrogens with one attached hydrogen (secondary N) is 1. The normalized spacial score (nSPS) is 10.2. The second-order valence-corrected chi connectivity index (χ2v) is 4.83. The molecule has 108 valence electrons. The van der Waals surface area contributed by atoms with Crippen LogP contribution in [-0.2, 0) is 0 Å². The van der Waals surface area contributed by atoms with Gasteiger partial charge in [0.1, 0.15) is 5.82 Å². The fourth-order valence-corrected chi connectivity index (χ4v) is 1.96. The summed E-state index contributed by atoms with van der Waals surface area (Å²) in [5, 5.41) is 2.63. The van der Waals surface area contributed by atoms with Crippen molar-refractivity contribution in [1.29, 1.82) is 0 Å². The summed E-state index contributed by atoms with van der Waals surface area (Å²) in [4.78, 5) is 23.2. The van der Waals surface area contributed by atoms with Crippen LogP contribution in [0.4, 0.5) is 10.1 Å². The summed E-state index contributed by atoms with van der Waals surface area (Å²) >= 11 is 0. The van der Waals surface area contributed by atoms with E-state index in [1.54, 1.807) is 32.0 Å². The number of aryl methyl sites for hydroxylation is 2. The van der Waals surface area contributed by atoms with Gasteiger partial charge in [-0.3, -0.25) is 9.59 Å². The smallest absolute Gasteiger partial charge is 0.258 e. The van der Waals surface area contributed by atoms with Crippen molar-refractivity contribution < 1.29 is 14.0 Å². The van der Waals surface area contributed by atoms with Crippen LogP contribution in [0.1, 0.15) is 31.8 Å². The van der Waals surface area contributed by atoms with E-state index in [0.717, 1.165) is 5.56 Å². The Morgan fingerprint density at radius 3 is 2.43 bits per heavy atom. The number of halogens is 1. The lowest BCUT2D eigenvalue weighted by atomic mass is 10.1. The molecule has 0 bridgehead atoms. The molecule has 21 heavy (non-hydrogen) atoms. The number of nitrogens with two attached hydrogens (primary N) is 1. The van der Waals surface area contributed by atoms with Gasteiger partial charge in [-0.25, -0.2) is 4.39 Å². The number of rotatable bonds is 3. The molecule has 0 saturated carbocycles. The third-order valence-electron chi connectivity index (χ3n) is 3.13. The van der Waals surface area contributed by atoms with Crippen LogP contribution in [0, 0.1) is 19.7 Å². The molecule has 0 aliphatic carbocycles. The zero-order valence-electron chi connectivity index (χ0n) is 11.7. The van der Waals surface area contributed by atoms with E-state index in [1.807, 2.05) is 0 Å². The maximum Gasteiger partial charge on any atom is 0.258 e. The molecular formula is C16H15FN2O2. The SMILES string of the molecule is Cc1ccc(F)c(C(=O)Nc2ccc(C(N)=O)cc2C)c1. The van der Waals surface area contributed by atoms with Gasteiger partial charge in [0, 0.05) is 11.3 Å². The first kappa shape index (κ1) is 14.7. The number of hydrogen-bond donors (Lipinski definition) is 2. The van der Waals surface area contributed by atoms with Crippen molar-refractivity contribution in [3.05, 3.63) is 64.5 Å². The highest BCUT2D eigenvalue weighted by atomic mass is 19.1. The molecule has 5 heteroatoms. The monoisotopic (exact) mass is 286 g/mol. The van der Waals surface area contributed by atoms with Crippen molar-refractivity contribution in [2.75, 3.05) is 5.32 Å². The highest BCUT2D eigenvalue weighted by molar-refractivity contribution is 6.05. The van der Waals surface area contributed by atoms with E-state index >= 15 is 0 Å². The number of carbonyl (C=O) groups is 2. The van der Waals surface area contributed by atoms with Crippen LogP contribution in [0.25, 0.3) is 0 Å². The van der Waals surface area contributed by atoms with E-state index in [9.17, 15) is 14.0 Å². The molecule has 2 aromatic carbocycles. The Bertz CT molecular complexity index is 726. The van der Waals surface area contributed by atoms with Crippen LogP contribution >= 0.6 is 0 Å². The quantitative estimate of drug-likeness (QED) is 0.910. The van der Waals surface area contributed by atoms with E-state index in [1.165, 1.54) is 18.2 Å². The molecular weight excluding hydrogens is 271 g/mol. The molecule has 0 heterocycles. The summed E-state index contributed by atoms with van der Waals surface area (Å²) in [5.41, 5.74) is 7.49. The predicted molar refractivity (Wildman–Crippen MR) is 78.8 cm³/mol. The molecule has 0 fully saturated rings. The average molecular weight is 286 g/mol. The molecule has 2 amide bonds. The lowest BCUT2D eigenvalue weighted by Gasteiger charge is -2.10. The zero-order chi connectivity index (χ0) is 15.6. The third kappa shape index (κ3) is 3.25. The summed E-state index contributed by atoms with van der Waals surface area (Å²) in [6, 6.07) is 8.99. The Morgan fingerprint density at radius 2 is 1.81 bits per heavy atom. The summed E-state index contributed by atoms with van der Waals surface area (Å²) in [5.74, 6) is -1.66.